The molecule has 0 spiro atoms. The summed E-state index contributed by atoms with van der Waals surface area (Å²) in [4.78, 5) is 0. The standard InChI is InChI=1S/C15H12O5S/c1-21-20-10-5-6-12-15(19-8-17-12)13(10)9-3-2-4-11-14(9)18-7-16-11/h2-6H,7-8H2,1H3. The van der Waals surface area contributed by atoms with Crippen LogP contribution in [0.2, 0.25) is 0 Å². The summed E-state index contributed by atoms with van der Waals surface area (Å²) < 4.78 is 27.8. The Hall–Kier alpha value is -2.21. The molecular weight excluding hydrogens is 292 g/mol. The van der Waals surface area contributed by atoms with Crippen molar-refractivity contribution >= 4 is 12.0 Å². The predicted molar refractivity (Wildman–Crippen MR) is 78.3 cm³/mol. The summed E-state index contributed by atoms with van der Waals surface area (Å²) in [7, 11) is 0. The SMILES string of the molecule is CSOc1ccc2c(c1-c1cccc3c1OCO3)OCO2. The van der Waals surface area contributed by atoms with E-state index >= 15 is 0 Å². The van der Waals surface area contributed by atoms with Crippen LogP contribution in [0.5, 0.6) is 28.7 Å². The van der Waals surface area contributed by atoms with E-state index in [4.69, 9.17) is 23.1 Å². The van der Waals surface area contributed by atoms with Crippen molar-refractivity contribution < 1.29 is 23.1 Å². The fourth-order valence-electron chi connectivity index (χ4n) is 2.50. The first-order chi connectivity index (χ1) is 10.4. The Kier molecular flexibility index (Phi) is 2.96. The number of benzene rings is 2. The van der Waals surface area contributed by atoms with E-state index in [-0.39, 0.29) is 13.6 Å². The summed E-state index contributed by atoms with van der Waals surface area (Å²) >= 11 is 1.27. The lowest BCUT2D eigenvalue weighted by atomic mass is 10.0. The zero-order valence-electron chi connectivity index (χ0n) is 11.3. The Balaban J connectivity index is 1.96. The predicted octanol–water partition coefficient (Wildman–Crippen LogP) is 3.47. The molecular formula is C15H12O5S. The van der Waals surface area contributed by atoms with Crippen LogP contribution < -0.4 is 23.1 Å². The van der Waals surface area contributed by atoms with Gasteiger partial charge in [0.05, 0.1) is 17.6 Å². The van der Waals surface area contributed by atoms with Gasteiger partial charge in [-0.15, -0.1) is 0 Å². The number of ether oxygens (including phenoxy) is 4. The number of hydrogen-bond acceptors (Lipinski definition) is 6. The van der Waals surface area contributed by atoms with E-state index in [0.29, 0.717) is 23.0 Å². The zero-order valence-corrected chi connectivity index (χ0v) is 12.1. The van der Waals surface area contributed by atoms with E-state index in [1.807, 2.05) is 36.6 Å². The molecule has 5 nitrogen and oxygen atoms in total. The molecule has 108 valence electrons. The Morgan fingerprint density at radius 3 is 2.48 bits per heavy atom. The maximum absolute atomic E-state index is 5.66. The number of para-hydroxylation sites is 1. The summed E-state index contributed by atoms with van der Waals surface area (Å²) in [6.45, 7) is 0.425. The van der Waals surface area contributed by atoms with Crippen LogP contribution in [0.3, 0.4) is 0 Å². The van der Waals surface area contributed by atoms with Crippen LogP contribution in [-0.2, 0) is 0 Å². The lowest BCUT2D eigenvalue weighted by molar-refractivity contribution is 0.173. The smallest absolute Gasteiger partial charge is 0.231 e. The van der Waals surface area contributed by atoms with Crippen LogP contribution in [0.25, 0.3) is 11.1 Å². The molecule has 0 saturated heterocycles. The first-order valence-electron chi connectivity index (χ1n) is 6.40. The van der Waals surface area contributed by atoms with Gasteiger partial charge in [-0.05, 0) is 18.2 Å². The highest BCUT2D eigenvalue weighted by molar-refractivity contribution is 7.94. The number of fused-ring (bicyclic) bond motifs is 2. The molecule has 2 aliphatic rings. The van der Waals surface area contributed by atoms with Crippen molar-refractivity contribution in [3.63, 3.8) is 0 Å². The van der Waals surface area contributed by atoms with E-state index in [0.717, 1.165) is 16.9 Å². The summed E-state index contributed by atoms with van der Waals surface area (Å²) in [5.74, 6) is 3.50. The fraction of sp³-hybridized carbons (Fsp3) is 0.200. The molecule has 2 aromatic carbocycles. The number of hydrogen-bond donors (Lipinski definition) is 0. The highest BCUT2D eigenvalue weighted by Crippen LogP contribution is 2.52. The molecule has 0 aliphatic carbocycles. The number of rotatable bonds is 3. The van der Waals surface area contributed by atoms with Crippen LogP contribution in [-0.4, -0.2) is 19.8 Å². The Labute approximate surface area is 125 Å². The summed E-state index contributed by atoms with van der Waals surface area (Å²) in [6.07, 6.45) is 1.86. The van der Waals surface area contributed by atoms with E-state index in [1.54, 1.807) is 0 Å². The molecule has 0 fully saturated rings. The lowest BCUT2D eigenvalue weighted by Gasteiger charge is -2.13. The minimum absolute atomic E-state index is 0.206. The highest BCUT2D eigenvalue weighted by Gasteiger charge is 2.28. The first kappa shape index (κ1) is 12.5. The van der Waals surface area contributed by atoms with E-state index in [9.17, 15) is 0 Å². The summed E-state index contributed by atoms with van der Waals surface area (Å²) in [5.41, 5.74) is 1.69. The Bertz CT molecular complexity index is 701. The molecule has 0 aromatic heterocycles. The average Bonchev–Trinajstić information content (AvgIpc) is 3.15. The van der Waals surface area contributed by atoms with Crippen molar-refractivity contribution in [2.45, 2.75) is 0 Å². The molecule has 0 saturated carbocycles. The van der Waals surface area contributed by atoms with Gasteiger partial charge < -0.3 is 23.1 Å². The molecule has 0 unspecified atom stereocenters. The molecule has 2 aromatic rings. The minimum atomic E-state index is 0.206. The largest absolute Gasteiger partial charge is 0.454 e. The van der Waals surface area contributed by atoms with Gasteiger partial charge in [-0.1, -0.05) is 12.1 Å². The van der Waals surface area contributed by atoms with E-state index in [1.165, 1.54) is 12.0 Å². The molecule has 0 bridgehead atoms. The molecule has 0 amide bonds. The first-order valence-corrected chi connectivity index (χ1v) is 7.55. The van der Waals surface area contributed by atoms with Gasteiger partial charge in [0.15, 0.2) is 23.0 Å². The van der Waals surface area contributed by atoms with Gasteiger partial charge in [0.25, 0.3) is 0 Å². The molecule has 2 aliphatic heterocycles. The summed E-state index contributed by atoms with van der Waals surface area (Å²) in [6, 6.07) is 9.47. The highest BCUT2D eigenvalue weighted by atomic mass is 32.2. The van der Waals surface area contributed by atoms with Gasteiger partial charge in [0, 0.05) is 11.8 Å². The van der Waals surface area contributed by atoms with E-state index < -0.39 is 0 Å². The molecule has 21 heavy (non-hydrogen) atoms. The van der Waals surface area contributed by atoms with Crippen molar-refractivity contribution in [2.24, 2.45) is 0 Å². The lowest BCUT2D eigenvalue weighted by Crippen LogP contribution is -1.95. The van der Waals surface area contributed by atoms with E-state index in [2.05, 4.69) is 0 Å². The van der Waals surface area contributed by atoms with Crippen LogP contribution in [0, 0.1) is 0 Å². The van der Waals surface area contributed by atoms with Crippen LogP contribution in [0.1, 0.15) is 0 Å². The average molecular weight is 304 g/mol. The molecule has 0 N–H and O–H groups in total. The Morgan fingerprint density at radius 2 is 1.67 bits per heavy atom. The zero-order chi connectivity index (χ0) is 14.2. The topological polar surface area (TPSA) is 46.2 Å². The van der Waals surface area contributed by atoms with Crippen LogP contribution >= 0.6 is 12.0 Å². The molecule has 0 radical (unpaired) electrons. The van der Waals surface area contributed by atoms with Crippen LogP contribution in [0.4, 0.5) is 0 Å². The van der Waals surface area contributed by atoms with Gasteiger partial charge in [-0.25, -0.2) is 0 Å². The molecule has 4 rings (SSSR count). The Morgan fingerprint density at radius 1 is 0.905 bits per heavy atom. The van der Waals surface area contributed by atoms with Crippen LogP contribution in [0.15, 0.2) is 30.3 Å². The minimum Gasteiger partial charge on any atom is -0.454 e. The quantitative estimate of drug-likeness (QED) is 0.809. The van der Waals surface area contributed by atoms with Crippen molar-refractivity contribution in [1.29, 1.82) is 0 Å². The third-order valence-corrected chi connectivity index (χ3v) is 3.69. The van der Waals surface area contributed by atoms with Gasteiger partial charge >= 0.3 is 0 Å². The van der Waals surface area contributed by atoms with Gasteiger partial charge in [-0.2, -0.15) is 0 Å². The second kappa shape index (κ2) is 4.96. The molecule has 6 heteroatoms. The second-order valence-electron chi connectivity index (χ2n) is 4.46. The maximum Gasteiger partial charge on any atom is 0.231 e. The normalized spacial score (nSPS) is 14.3. The molecule has 0 atom stereocenters. The van der Waals surface area contributed by atoms with Gasteiger partial charge in [0.2, 0.25) is 13.6 Å². The van der Waals surface area contributed by atoms with Gasteiger partial charge in [0.1, 0.15) is 5.75 Å². The van der Waals surface area contributed by atoms with Crippen molar-refractivity contribution in [1.82, 2.24) is 0 Å². The maximum atomic E-state index is 5.66. The third-order valence-electron chi connectivity index (χ3n) is 3.34. The summed E-state index contributed by atoms with van der Waals surface area (Å²) in [5, 5.41) is 0. The van der Waals surface area contributed by atoms with Crippen molar-refractivity contribution in [3.05, 3.63) is 30.3 Å². The molecule has 2 heterocycles. The second-order valence-corrected chi connectivity index (χ2v) is 4.96. The van der Waals surface area contributed by atoms with Crippen molar-refractivity contribution in [3.8, 4) is 39.9 Å². The van der Waals surface area contributed by atoms with Crippen molar-refractivity contribution in [2.75, 3.05) is 19.8 Å². The monoisotopic (exact) mass is 304 g/mol. The third kappa shape index (κ3) is 1.94. The fourth-order valence-corrected chi connectivity index (χ4v) is 2.81. The van der Waals surface area contributed by atoms with Gasteiger partial charge in [-0.3, -0.25) is 0 Å².